The topological polar surface area (TPSA) is 42.2 Å². The van der Waals surface area contributed by atoms with Crippen molar-refractivity contribution in [2.75, 3.05) is 11.9 Å². The van der Waals surface area contributed by atoms with Gasteiger partial charge >= 0.3 is 0 Å². The number of allylic oxidation sites excluding steroid dienone is 1. The fraction of sp³-hybridized carbons (Fsp3) is 0.273. The fourth-order valence-electron chi connectivity index (χ4n) is 1.37. The van der Waals surface area contributed by atoms with Crippen molar-refractivity contribution in [1.82, 2.24) is 14.6 Å². The number of pyridine rings is 1. The van der Waals surface area contributed by atoms with Crippen molar-refractivity contribution < 1.29 is 4.39 Å². The number of anilines is 1. The van der Waals surface area contributed by atoms with E-state index < -0.39 is 0 Å². The zero-order valence-electron chi connectivity index (χ0n) is 9.02. The third-order valence-electron chi connectivity index (χ3n) is 2.12. The van der Waals surface area contributed by atoms with Crippen LogP contribution in [0, 0.1) is 5.82 Å². The Morgan fingerprint density at radius 3 is 3.19 bits per heavy atom. The molecule has 0 unspecified atom stereocenters. The van der Waals surface area contributed by atoms with Crippen molar-refractivity contribution >= 4 is 11.6 Å². The van der Waals surface area contributed by atoms with E-state index in [1.54, 1.807) is 6.07 Å². The Morgan fingerprint density at radius 1 is 1.50 bits per heavy atom. The lowest BCUT2D eigenvalue weighted by atomic mass is 10.4. The monoisotopic (exact) mass is 220 g/mol. The highest BCUT2D eigenvalue weighted by molar-refractivity contribution is 5.42. The molecule has 0 aliphatic carbocycles. The first-order valence-electron chi connectivity index (χ1n) is 5.16. The second-order valence-electron chi connectivity index (χ2n) is 3.37. The van der Waals surface area contributed by atoms with E-state index in [0.29, 0.717) is 11.6 Å². The lowest BCUT2D eigenvalue weighted by Gasteiger charge is -1.96. The molecule has 0 aliphatic rings. The maximum atomic E-state index is 12.9. The van der Waals surface area contributed by atoms with Gasteiger partial charge in [-0.1, -0.05) is 12.2 Å². The predicted molar refractivity (Wildman–Crippen MR) is 60.9 cm³/mol. The van der Waals surface area contributed by atoms with Gasteiger partial charge in [0, 0.05) is 6.54 Å². The van der Waals surface area contributed by atoms with Crippen LogP contribution in [-0.2, 0) is 0 Å². The number of rotatable bonds is 4. The number of hydrogen-bond donors (Lipinski definition) is 1. The van der Waals surface area contributed by atoms with Gasteiger partial charge < -0.3 is 5.32 Å². The van der Waals surface area contributed by atoms with E-state index in [1.807, 2.05) is 13.0 Å². The minimum Gasteiger partial charge on any atom is -0.353 e. The molecule has 84 valence electrons. The molecule has 1 N–H and O–H groups in total. The second kappa shape index (κ2) is 4.74. The Hall–Kier alpha value is -1.91. The van der Waals surface area contributed by atoms with Crippen LogP contribution in [0.5, 0.6) is 0 Å². The Morgan fingerprint density at radius 2 is 2.38 bits per heavy atom. The molecular formula is C11H13FN4. The van der Waals surface area contributed by atoms with Crippen LogP contribution in [-0.4, -0.2) is 21.1 Å². The molecule has 0 radical (unpaired) electrons. The quantitative estimate of drug-likeness (QED) is 0.634. The van der Waals surface area contributed by atoms with Crippen molar-refractivity contribution in [3.63, 3.8) is 0 Å². The maximum Gasteiger partial charge on any atom is 0.243 e. The standard InChI is InChI=1S/C11H13FN4/c1-2-3-4-7-13-11-14-10-6-5-9(12)8-16(10)15-11/h2-3,5-6,8H,4,7H2,1H3,(H,13,15)/b3-2+. The van der Waals surface area contributed by atoms with E-state index in [-0.39, 0.29) is 5.82 Å². The van der Waals surface area contributed by atoms with Gasteiger partial charge in [-0.25, -0.2) is 8.91 Å². The number of nitrogens with one attached hydrogen (secondary N) is 1. The summed E-state index contributed by atoms with van der Waals surface area (Å²) in [7, 11) is 0. The first-order chi connectivity index (χ1) is 7.79. The molecule has 5 heteroatoms. The zero-order chi connectivity index (χ0) is 11.4. The van der Waals surface area contributed by atoms with E-state index in [0.717, 1.165) is 13.0 Å². The number of fused-ring (bicyclic) bond motifs is 1. The highest BCUT2D eigenvalue weighted by atomic mass is 19.1. The van der Waals surface area contributed by atoms with Crippen molar-refractivity contribution in [2.45, 2.75) is 13.3 Å². The van der Waals surface area contributed by atoms with Gasteiger partial charge in [0.25, 0.3) is 0 Å². The molecule has 0 aliphatic heterocycles. The maximum absolute atomic E-state index is 12.9. The molecule has 2 heterocycles. The smallest absolute Gasteiger partial charge is 0.243 e. The number of nitrogens with zero attached hydrogens (tertiary/aromatic N) is 3. The zero-order valence-corrected chi connectivity index (χ0v) is 9.02. The molecular weight excluding hydrogens is 207 g/mol. The molecule has 0 atom stereocenters. The van der Waals surface area contributed by atoms with Crippen LogP contribution < -0.4 is 5.32 Å². The van der Waals surface area contributed by atoms with Gasteiger partial charge in [0.2, 0.25) is 5.95 Å². The number of halogens is 1. The molecule has 0 fully saturated rings. The van der Waals surface area contributed by atoms with Crippen molar-refractivity contribution in [3.8, 4) is 0 Å². The fourth-order valence-corrected chi connectivity index (χ4v) is 1.37. The van der Waals surface area contributed by atoms with E-state index in [1.165, 1.54) is 16.8 Å². The largest absolute Gasteiger partial charge is 0.353 e. The molecule has 2 rings (SSSR count). The average Bonchev–Trinajstić information content (AvgIpc) is 2.66. The molecule has 2 aromatic heterocycles. The van der Waals surface area contributed by atoms with Gasteiger partial charge in [0.15, 0.2) is 5.65 Å². The van der Waals surface area contributed by atoms with E-state index in [2.05, 4.69) is 21.5 Å². The number of hydrogen-bond acceptors (Lipinski definition) is 3. The summed E-state index contributed by atoms with van der Waals surface area (Å²) in [5.74, 6) is 0.202. The first kappa shape index (κ1) is 10.6. The lowest BCUT2D eigenvalue weighted by molar-refractivity contribution is 0.615. The summed E-state index contributed by atoms with van der Waals surface area (Å²) in [5.41, 5.74) is 0.634. The third-order valence-corrected chi connectivity index (χ3v) is 2.12. The Labute approximate surface area is 92.8 Å². The van der Waals surface area contributed by atoms with Gasteiger partial charge in [-0.15, -0.1) is 5.10 Å². The normalized spacial score (nSPS) is 11.4. The van der Waals surface area contributed by atoms with Crippen LogP contribution >= 0.6 is 0 Å². The molecule has 0 saturated carbocycles. The molecule has 4 nitrogen and oxygen atoms in total. The summed E-state index contributed by atoms with van der Waals surface area (Å²) in [6.07, 6.45) is 6.27. The average molecular weight is 220 g/mol. The Bertz CT molecular complexity index is 504. The molecule has 16 heavy (non-hydrogen) atoms. The summed E-state index contributed by atoms with van der Waals surface area (Å²) < 4.78 is 14.3. The molecule has 0 bridgehead atoms. The summed E-state index contributed by atoms with van der Waals surface area (Å²) >= 11 is 0. The Kier molecular flexibility index (Phi) is 3.14. The summed E-state index contributed by atoms with van der Waals surface area (Å²) in [5, 5.41) is 7.17. The molecule has 2 aromatic rings. The Balaban J connectivity index is 2.08. The van der Waals surface area contributed by atoms with Gasteiger partial charge in [-0.3, -0.25) is 0 Å². The third kappa shape index (κ3) is 2.36. The molecule has 0 spiro atoms. The van der Waals surface area contributed by atoms with Crippen LogP contribution in [0.15, 0.2) is 30.5 Å². The molecule has 0 aromatic carbocycles. The minimum atomic E-state index is -0.321. The minimum absolute atomic E-state index is 0.321. The molecule has 0 amide bonds. The van der Waals surface area contributed by atoms with Gasteiger partial charge in [0.1, 0.15) is 5.82 Å². The first-order valence-corrected chi connectivity index (χ1v) is 5.16. The van der Waals surface area contributed by atoms with Gasteiger partial charge in [-0.05, 0) is 25.5 Å². The number of aromatic nitrogens is 3. The second-order valence-corrected chi connectivity index (χ2v) is 3.37. The highest BCUT2D eigenvalue weighted by Gasteiger charge is 2.02. The molecule has 0 saturated heterocycles. The van der Waals surface area contributed by atoms with E-state index >= 15 is 0 Å². The SMILES string of the molecule is C/C=C/CCNc1nc2ccc(F)cn2n1. The van der Waals surface area contributed by atoms with Crippen molar-refractivity contribution in [2.24, 2.45) is 0 Å². The van der Waals surface area contributed by atoms with Crippen LogP contribution in [0.4, 0.5) is 10.3 Å². The van der Waals surface area contributed by atoms with Crippen LogP contribution in [0.2, 0.25) is 0 Å². The van der Waals surface area contributed by atoms with Crippen LogP contribution in [0.3, 0.4) is 0 Å². The van der Waals surface area contributed by atoms with Gasteiger partial charge in [-0.2, -0.15) is 4.98 Å². The van der Waals surface area contributed by atoms with Crippen LogP contribution in [0.25, 0.3) is 5.65 Å². The summed E-state index contributed by atoms with van der Waals surface area (Å²) in [4.78, 5) is 4.20. The lowest BCUT2D eigenvalue weighted by Crippen LogP contribution is -2.01. The van der Waals surface area contributed by atoms with Crippen LogP contribution in [0.1, 0.15) is 13.3 Å². The predicted octanol–water partition coefficient (Wildman–Crippen LogP) is 2.25. The summed E-state index contributed by atoms with van der Waals surface area (Å²) in [6, 6.07) is 2.97. The summed E-state index contributed by atoms with van der Waals surface area (Å²) in [6.45, 7) is 2.75. The van der Waals surface area contributed by atoms with E-state index in [4.69, 9.17) is 0 Å². The van der Waals surface area contributed by atoms with Crippen molar-refractivity contribution in [1.29, 1.82) is 0 Å². The highest BCUT2D eigenvalue weighted by Crippen LogP contribution is 2.06. The van der Waals surface area contributed by atoms with E-state index in [9.17, 15) is 4.39 Å². The van der Waals surface area contributed by atoms with Crippen molar-refractivity contribution in [3.05, 3.63) is 36.3 Å². The van der Waals surface area contributed by atoms with Gasteiger partial charge in [0.05, 0.1) is 6.20 Å².